The van der Waals surface area contributed by atoms with Crippen molar-refractivity contribution in [3.05, 3.63) is 24.3 Å². The molecule has 1 unspecified atom stereocenters. The molecule has 0 saturated carbocycles. The van der Waals surface area contributed by atoms with Gasteiger partial charge in [0.15, 0.2) is 0 Å². The number of hydrogen-bond donors (Lipinski definition) is 3. The Bertz CT molecular complexity index is 565. The lowest BCUT2D eigenvalue weighted by Crippen LogP contribution is -2.35. The Balaban J connectivity index is 2.13. The van der Waals surface area contributed by atoms with Gasteiger partial charge < -0.3 is 10.6 Å². The van der Waals surface area contributed by atoms with Crippen LogP contribution in [0.4, 0.5) is 11.4 Å². The van der Waals surface area contributed by atoms with Crippen molar-refractivity contribution in [2.75, 3.05) is 22.8 Å². The number of hydrogen-bond acceptors (Lipinski definition) is 4. The molecule has 1 saturated heterocycles. The minimum atomic E-state index is -3.37. The first kappa shape index (κ1) is 13.8. The molecule has 0 spiro atoms. The van der Waals surface area contributed by atoms with Crippen LogP contribution in [-0.4, -0.2) is 33.2 Å². The van der Waals surface area contributed by atoms with Crippen molar-refractivity contribution >= 4 is 27.3 Å². The van der Waals surface area contributed by atoms with Gasteiger partial charge in [-0.15, -0.1) is 0 Å². The van der Waals surface area contributed by atoms with Crippen LogP contribution in [0.5, 0.6) is 0 Å². The maximum absolute atomic E-state index is 12.0. The van der Waals surface area contributed by atoms with Crippen molar-refractivity contribution in [1.29, 1.82) is 0 Å². The number of anilines is 2. The van der Waals surface area contributed by atoms with E-state index in [1.807, 2.05) is 0 Å². The van der Waals surface area contributed by atoms with Crippen LogP contribution in [0.3, 0.4) is 0 Å². The number of nitrogens with one attached hydrogen (secondary N) is 3. The summed E-state index contributed by atoms with van der Waals surface area (Å²) in [6.45, 7) is 0.835. The average molecular weight is 283 g/mol. The van der Waals surface area contributed by atoms with Gasteiger partial charge in [-0.25, -0.2) is 8.42 Å². The summed E-state index contributed by atoms with van der Waals surface area (Å²) in [7, 11) is -3.37. The molecule has 1 aliphatic rings. The Morgan fingerprint density at radius 1 is 1.32 bits per heavy atom. The number of sulfonamides is 1. The summed E-state index contributed by atoms with van der Waals surface area (Å²) in [5, 5.41) is 5.84. The topological polar surface area (TPSA) is 87.3 Å². The minimum absolute atomic E-state index is 0.139. The van der Waals surface area contributed by atoms with E-state index in [0.29, 0.717) is 11.4 Å². The van der Waals surface area contributed by atoms with Crippen LogP contribution in [0.15, 0.2) is 24.3 Å². The van der Waals surface area contributed by atoms with Gasteiger partial charge >= 0.3 is 0 Å². The normalized spacial score (nSPS) is 19.1. The Kier molecular flexibility index (Phi) is 4.06. The molecule has 2 rings (SSSR count). The highest BCUT2D eigenvalue weighted by Crippen LogP contribution is 2.22. The summed E-state index contributed by atoms with van der Waals surface area (Å²) < 4.78 is 24.9. The van der Waals surface area contributed by atoms with Crippen LogP contribution in [-0.2, 0) is 14.8 Å². The molecular formula is C12H17N3O3S. The van der Waals surface area contributed by atoms with Crippen LogP contribution in [0.2, 0.25) is 0 Å². The molecule has 3 N–H and O–H groups in total. The summed E-state index contributed by atoms with van der Waals surface area (Å²) in [5.41, 5.74) is 0.836. The molecule has 1 fully saturated rings. The third kappa shape index (κ3) is 3.93. The third-order valence-corrected chi connectivity index (χ3v) is 3.45. The Labute approximate surface area is 112 Å². The van der Waals surface area contributed by atoms with E-state index in [9.17, 15) is 13.2 Å². The lowest BCUT2D eigenvalue weighted by Gasteiger charge is -2.14. The maximum atomic E-state index is 12.0. The molecule has 0 bridgehead atoms. The summed E-state index contributed by atoms with van der Waals surface area (Å²) in [5.74, 6) is -0.139. The Morgan fingerprint density at radius 2 is 2.00 bits per heavy atom. The Morgan fingerprint density at radius 3 is 2.58 bits per heavy atom. The fourth-order valence-electron chi connectivity index (χ4n) is 2.01. The van der Waals surface area contributed by atoms with E-state index in [2.05, 4.69) is 15.4 Å². The summed E-state index contributed by atoms with van der Waals surface area (Å²) >= 11 is 0. The van der Waals surface area contributed by atoms with E-state index >= 15 is 0 Å². The van der Waals surface area contributed by atoms with Gasteiger partial charge in [-0.2, -0.15) is 0 Å². The van der Waals surface area contributed by atoms with Crippen LogP contribution in [0.25, 0.3) is 0 Å². The number of carbonyl (C=O) groups excluding carboxylic acids is 1. The van der Waals surface area contributed by atoms with E-state index in [-0.39, 0.29) is 11.9 Å². The van der Waals surface area contributed by atoms with Crippen molar-refractivity contribution < 1.29 is 13.2 Å². The van der Waals surface area contributed by atoms with Crippen LogP contribution >= 0.6 is 0 Å². The largest absolute Gasteiger partial charge is 0.323 e. The highest BCUT2D eigenvalue weighted by Gasteiger charge is 2.22. The predicted molar refractivity (Wildman–Crippen MR) is 74.6 cm³/mol. The molecule has 1 aromatic rings. The van der Waals surface area contributed by atoms with E-state index < -0.39 is 10.0 Å². The van der Waals surface area contributed by atoms with Crippen molar-refractivity contribution in [2.45, 2.75) is 18.9 Å². The van der Waals surface area contributed by atoms with Gasteiger partial charge in [-0.1, -0.05) is 12.1 Å². The van der Waals surface area contributed by atoms with Gasteiger partial charge in [-0.05, 0) is 31.5 Å². The van der Waals surface area contributed by atoms with Gasteiger partial charge in [-0.3, -0.25) is 9.52 Å². The zero-order valence-electron chi connectivity index (χ0n) is 10.6. The molecule has 1 amide bonds. The van der Waals surface area contributed by atoms with Gasteiger partial charge in [0.1, 0.15) is 0 Å². The smallest absolute Gasteiger partial charge is 0.241 e. The first-order valence-electron chi connectivity index (χ1n) is 6.07. The number of amides is 1. The Hall–Kier alpha value is -1.60. The number of para-hydroxylation sites is 2. The van der Waals surface area contributed by atoms with Crippen LogP contribution in [0, 0.1) is 0 Å². The van der Waals surface area contributed by atoms with Gasteiger partial charge in [0, 0.05) is 0 Å². The first-order valence-corrected chi connectivity index (χ1v) is 7.96. The second-order valence-electron chi connectivity index (χ2n) is 4.56. The molecule has 1 atom stereocenters. The highest BCUT2D eigenvalue weighted by atomic mass is 32.2. The maximum Gasteiger partial charge on any atom is 0.241 e. The predicted octanol–water partition coefficient (Wildman–Crippen LogP) is 0.749. The summed E-state index contributed by atoms with van der Waals surface area (Å²) in [4.78, 5) is 12.0. The standard InChI is InChI=1S/C12H17N3O3S/c1-19(17,18)15-10-6-3-2-5-9(10)14-12(16)11-7-4-8-13-11/h2-3,5-6,11,13,15H,4,7-8H2,1H3,(H,14,16). The zero-order chi connectivity index (χ0) is 13.9. The van der Waals surface area contributed by atoms with E-state index in [1.54, 1.807) is 24.3 Å². The van der Waals surface area contributed by atoms with Gasteiger partial charge in [0.25, 0.3) is 0 Å². The lowest BCUT2D eigenvalue weighted by atomic mass is 10.2. The van der Waals surface area contributed by atoms with Crippen molar-refractivity contribution in [3.63, 3.8) is 0 Å². The number of benzene rings is 1. The molecule has 6 nitrogen and oxygen atoms in total. The van der Waals surface area contributed by atoms with E-state index in [4.69, 9.17) is 0 Å². The second-order valence-corrected chi connectivity index (χ2v) is 6.31. The molecule has 19 heavy (non-hydrogen) atoms. The molecule has 104 valence electrons. The van der Waals surface area contributed by atoms with Crippen LogP contribution < -0.4 is 15.4 Å². The lowest BCUT2D eigenvalue weighted by molar-refractivity contribution is -0.117. The van der Waals surface area contributed by atoms with Gasteiger partial charge in [0.2, 0.25) is 15.9 Å². The van der Waals surface area contributed by atoms with Crippen molar-refractivity contribution in [1.82, 2.24) is 5.32 Å². The van der Waals surface area contributed by atoms with Gasteiger partial charge in [0.05, 0.1) is 23.7 Å². The monoisotopic (exact) mass is 283 g/mol. The second kappa shape index (κ2) is 5.58. The highest BCUT2D eigenvalue weighted by molar-refractivity contribution is 7.92. The molecule has 0 aliphatic carbocycles. The van der Waals surface area contributed by atoms with Crippen molar-refractivity contribution in [2.24, 2.45) is 0 Å². The molecule has 1 aliphatic heterocycles. The average Bonchev–Trinajstić information content (AvgIpc) is 2.83. The first-order chi connectivity index (χ1) is 8.96. The SMILES string of the molecule is CS(=O)(=O)Nc1ccccc1NC(=O)C1CCCN1. The van der Waals surface area contributed by atoms with E-state index in [1.165, 1.54) is 0 Å². The molecule has 1 heterocycles. The zero-order valence-corrected chi connectivity index (χ0v) is 11.5. The fraction of sp³-hybridized carbons (Fsp3) is 0.417. The summed E-state index contributed by atoms with van der Waals surface area (Å²) in [6, 6.07) is 6.52. The number of carbonyl (C=O) groups is 1. The fourth-order valence-corrected chi connectivity index (χ4v) is 2.59. The molecule has 1 aromatic carbocycles. The molecule has 0 radical (unpaired) electrons. The van der Waals surface area contributed by atoms with Crippen molar-refractivity contribution in [3.8, 4) is 0 Å². The molecule has 7 heteroatoms. The van der Waals surface area contributed by atoms with Crippen LogP contribution in [0.1, 0.15) is 12.8 Å². The number of rotatable bonds is 4. The quantitative estimate of drug-likeness (QED) is 0.761. The summed E-state index contributed by atoms with van der Waals surface area (Å²) in [6.07, 6.45) is 2.85. The van der Waals surface area contributed by atoms with E-state index in [0.717, 1.165) is 25.6 Å². The molecule has 0 aromatic heterocycles. The third-order valence-electron chi connectivity index (χ3n) is 2.86. The molecular weight excluding hydrogens is 266 g/mol. The minimum Gasteiger partial charge on any atom is -0.323 e.